The molecule has 2 aromatic rings. The lowest BCUT2D eigenvalue weighted by Gasteiger charge is -2.03. The molecule has 0 unspecified atom stereocenters. The fourth-order valence-electron chi connectivity index (χ4n) is 1.38. The maximum Gasteiger partial charge on any atom is 0.309 e. The molecular weight excluding hydrogens is 281 g/mol. The van der Waals surface area contributed by atoms with Gasteiger partial charge in [-0.05, 0) is 17.7 Å². The van der Waals surface area contributed by atoms with Gasteiger partial charge in [-0.3, -0.25) is 14.2 Å². The Balaban J connectivity index is 2.36. The topological polar surface area (TPSA) is 39.1 Å². The fraction of sp³-hybridized carbons (Fsp3) is 0.0909. The Labute approximate surface area is 111 Å². The smallest absolute Gasteiger partial charge is 0.297 e. The van der Waals surface area contributed by atoms with Crippen LogP contribution in [0.4, 0.5) is 0 Å². The number of hydrogen-bond donors (Lipinski definition) is 0. The summed E-state index contributed by atoms with van der Waals surface area (Å²) in [6.07, 6.45) is 0.590. The van der Waals surface area contributed by atoms with Gasteiger partial charge in [0.15, 0.2) is 6.29 Å². The first-order valence-corrected chi connectivity index (χ1v) is 6.28. The van der Waals surface area contributed by atoms with E-state index >= 15 is 0 Å². The summed E-state index contributed by atoms with van der Waals surface area (Å²) >= 11 is 12.5. The van der Waals surface area contributed by atoms with Gasteiger partial charge in [-0.15, -0.1) is 0 Å². The average molecular weight is 288 g/mol. The third-order valence-electron chi connectivity index (χ3n) is 2.22. The Bertz CT molecular complexity index is 601. The van der Waals surface area contributed by atoms with E-state index in [9.17, 15) is 9.59 Å². The van der Waals surface area contributed by atoms with Crippen LogP contribution in [-0.2, 0) is 6.54 Å². The normalized spacial score (nSPS) is 10.5. The number of carbonyl (C=O) groups is 1. The summed E-state index contributed by atoms with van der Waals surface area (Å²) in [6, 6.07) is 7.10. The van der Waals surface area contributed by atoms with Gasteiger partial charge in [0, 0.05) is 5.02 Å². The highest BCUT2D eigenvalue weighted by Crippen LogP contribution is 2.18. The predicted octanol–water partition coefficient (Wildman–Crippen LogP) is 3.08. The van der Waals surface area contributed by atoms with Crippen molar-refractivity contribution in [1.29, 1.82) is 0 Å². The number of halogens is 2. The molecule has 1 aromatic carbocycles. The minimum atomic E-state index is -0.243. The summed E-state index contributed by atoms with van der Waals surface area (Å²) in [4.78, 5) is 22.3. The molecule has 88 valence electrons. The highest BCUT2D eigenvalue weighted by atomic mass is 35.5. The lowest BCUT2D eigenvalue weighted by atomic mass is 10.2. The summed E-state index contributed by atoms with van der Waals surface area (Å²) in [7, 11) is 0. The lowest BCUT2D eigenvalue weighted by Crippen LogP contribution is -2.13. The summed E-state index contributed by atoms with van der Waals surface area (Å²) < 4.78 is 1.36. The summed E-state index contributed by atoms with van der Waals surface area (Å²) in [5.74, 6) is 0. The van der Waals surface area contributed by atoms with E-state index in [1.165, 1.54) is 4.57 Å². The van der Waals surface area contributed by atoms with Crippen molar-refractivity contribution < 1.29 is 4.79 Å². The van der Waals surface area contributed by atoms with Crippen molar-refractivity contribution in [3.8, 4) is 0 Å². The number of hydrogen-bond acceptors (Lipinski definition) is 3. The van der Waals surface area contributed by atoms with Gasteiger partial charge in [-0.25, -0.2) is 0 Å². The number of thiazole rings is 1. The number of nitrogens with zero attached hydrogens (tertiary/aromatic N) is 1. The Hall–Kier alpha value is -1.10. The van der Waals surface area contributed by atoms with Gasteiger partial charge in [-0.2, -0.15) is 0 Å². The molecule has 17 heavy (non-hydrogen) atoms. The number of benzene rings is 1. The second kappa shape index (κ2) is 5.04. The highest BCUT2D eigenvalue weighted by Gasteiger charge is 2.12. The molecule has 0 fully saturated rings. The van der Waals surface area contributed by atoms with Crippen molar-refractivity contribution >= 4 is 40.8 Å². The molecular formula is C11H7Cl2NO2S. The first kappa shape index (κ1) is 12.4. The first-order chi connectivity index (χ1) is 8.11. The molecule has 0 bridgehead atoms. The van der Waals surface area contributed by atoms with Crippen molar-refractivity contribution in [2.75, 3.05) is 0 Å². The number of rotatable bonds is 3. The van der Waals surface area contributed by atoms with Gasteiger partial charge >= 0.3 is 4.87 Å². The minimum absolute atomic E-state index is 0.185. The van der Waals surface area contributed by atoms with E-state index in [1.807, 2.05) is 12.1 Å². The van der Waals surface area contributed by atoms with Crippen LogP contribution in [-0.4, -0.2) is 10.9 Å². The standard InChI is InChI=1S/C11H7Cl2NO2S/c12-8-3-1-7(2-4-8)5-14-10(13)9(6-15)17-11(14)16/h1-4,6H,5H2. The Kier molecular flexibility index (Phi) is 3.66. The Morgan fingerprint density at radius 3 is 2.41 bits per heavy atom. The van der Waals surface area contributed by atoms with Gasteiger partial charge in [-0.1, -0.05) is 46.7 Å². The first-order valence-electron chi connectivity index (χ1n) is 4.70. The van der Waals surface area contributed by atoms with E-state index < -0.39 is 0 Å². The molecule has 2 rings (SSSR count). The van der Waals surface area contributed by atoms with Crippen molar-refractivity contribution in [2.24, 2.45) is 0 Å². The van der Waals surface area contributed by atoms with E-state index in [0.29, 0.717) is 17.9 Å². The van der Waals surface area contributed by atoms with Crippen molar-refractivity contribution in [1.82, 2.24) is 4.57 Å². The quantitative estimate of drug-likeness (QED) is 0.814. The molecule has 1 aromatic heterocycles. The van der Waals surface area contributed by atoms with E-state index in [4.69, 9.17) is 23.2 Å². The molecule has 6 heteroatoms. The van der Waals surface area contributed by atoms with Crippen LogP contribution < -0.4 is 4.87 Å². The van der Waals surface area contributed by atoms with Gasteiger partial charge in [0.2, 0.25) is 0 Å². The van der Waals surface area contributed by atoms with Crippen LogP contribution in [0.25, 0.3) is 0 Å². The molecule has 0 saturated carbocycles. The molecule has 0 aliphatic heterocycles. The van der Waals surface area contributed by atoms with Crippen LogP contribution >= 0.6 is 34.5 Å². The molecule has 0 saturated heterocycles. The zero-order chi connectivity index (χ0) is 12.4. The number of carbonyl (C=O) groups excluding carboxylic acids is 1. The van der Waals surface area contributed by atoms with Gasteiger partial charge in [0.1, 0.15) is 10.0 Å². The van der Waals surface area contributed by atoms with E-state index in [2.05, 4.69) is 0 Å². The second-order valence-electron chi connectivity index (χ2n) is 3.35. The summed E-state index contributed by atoms with van der Waals surface area (Å²) in [5.41, 5.74) is 0.897. The van der Waals surface area contributed by atoms with Crippen LogP contribution in [0.1, 0.15) is 15.2 Å². The zero-order valence-corrected chi connectivity index (χ0v) is 10.9. The van der Waals surface area contributed by atoms with Crippen LogP contribution in [0, 0.1) is 0 Å². The predicted molar refractivity (Wildman–Crippen MR) is 69.5 cm³/mol. The zero-order valence-electron chi connectivity index (χ0n) is 8.52. The van der Waals surface area contributed by atoms with Crippen molar-refractivity contribution in [2.45, 2.75) is 6.54 Å². The Morgan fingerprint density at radius 2 is 1.88 bits per heavy atom. The molecule has 0 atom stereocenters. The third kappa shape index (κ3) is 2.60. The maximum absolute atomic E-state index is 11.6. The Morgan fingerprint density at radius 1 is 1.24 bits per heavy atom. The molecule has 0 radical (unpaired) electrons. The van der Waals surface area contributed by atoms with Crippen molar-refractivity contribution in [3.63, 3.8) is 0 Å². The fourth-order valence-corrected chi connectivity index (χ4v) is 2.55. The maximum atomic E-state index is 11.6. The number of aromatic nitrogens is 1. The second-order valence-corrected chi connectivity index (χ2v) is 5.14. The molecule has 0 amide bonds. The lowest BCUT2D eigenvalue weighted by molar-refractivity contribution is 0.112. The largest absolute Gasteiger partial charge is 0.309 e. The highest BCUT2D eigenvalue weighted by molar-refractivity contribution is 7.11. The van der Waals surface area contributed by atoms with Crippen molar-refractivity contribution in [3.05, 3.63) is 54.5 Å². The van der Waals surface area contributed by atoms with Gasteiger partial charge in [0.25, 0.3) is 0 Å². The van der Waals surface area contributed by atoms with Crippen LogP contribution in [0.3, 0.4) is 0 Å². The summed E-state index contributed by atoms with van der Waals surface area (Å²) in [6.45, 7) is 0.333. The SMILES string of the molecule is O=Cc1sc(=O)n(Cc2ccc(Cl)cc2)c1Cl. The average Bonchev–Trinajstić information content (AvgIpc) is 2.59. The number of aldehydes is 1. The molecule has 0 spiro atoms. The molecule has 0 aliphatic carbocycles. The van der Waals surface area contributed by atoms with E-state index in [-0.39, 0.29) is 14.9 Å². The minimum Gasteiger partial charge on any atom is -0.297 e. The van der Waals surface area contributed by atoms with E-state index in [1.54, 1.807) is 12.1 Å². The molecule has 3 nitrogen and oxygen atoms in total. The molecule has 1 heterocycles. The van der Waals surface area contributed by atoms with Crippen LogP contribution in [0.15, 0.2) is 29.1 Å². The molecule has 0 N–H and O–H groups in total. The molecule has 0 aliphatic rings. The van der Waals surface area contributed by atoms with Gasteiger partial charge in [0.05, 0.1) is 6.54 Å². The van der Waals surface area contributed by atoms with Gasteiger partial charge < -0.3 is 0 Å². The monoisotopic (exact) mass is 287 g/mol. The summed E-state index contributed by atoms with van der Waals surface area (Å²) in [5, 5.41) is 0.816. The van der Waals surface area contributed by atoms with Crippen LogP contribution in [0.5, 0.6) is 0 Å². The van der Waals surface area contributed by atoms with Crippen LogP contribution in [0.2, 0.25) is 10.2 Å². The third-order valence-corrected chi connectivity index (χ3v) is 3.90. The van der Waals surface area contributed by atoms with E-state index in [0.717, 1.165) is 16.9 Å².